The number of H-pyrrole nitrogens is 1. The van der Waals surface area contributed by atoms with Crippen LogP contribution in [-0.2, 0) is 6.61 Å². The summed E-state index contributed by atoms with van der Waals surface area (Å²) in [6.07, 6.45) is 3.19. The van der Waals surface area contributed by atoms with Gasteiger partial charge in [-0.05, 0) is 17.7 Å². The van der Waals surface area contributed by atoms with Gasteiger partial charge in [0.1, 0.15) is 22.6 Å². The Labute approximate surface area is 138 Å². The number of rotatable bonds is 6. The molecule has 1 amide bonds. The Morgan fingerprint density at radius 3 is 2.96 bits per heavy atom. The maximum Gasteiger partial charge on any atom is 0.269 e. The highest BCUT2D eigenvalue weighted by Gasteiger charge is 2.09. The number of pyridine rings is 1. The third-order valence-electron chi connectivity index (χ3n) is 3.09. The predicted octanol–water partition coefficient (Wildman–Crippen LogP) is 2.16. The number of hydrogen-bond donors (Lipinski definition) is 3. The number of ether oxygens (including phenoxy) is 1. The number of aromatic nitrogens is 3. The Kier molecular flexibility index (Phi) is 5.42. The Bertz CT molecular complexity index is 788. The van der Waals surface area contributed by atoms with Crippen molar-refractivity contribution < 1.29 is 9.53 Å². The summed E-state index contributed by atoms with van der Waals surface area (Å²) in [7, 11) is 3.31. The average molecular weight is 331 g/mol. The standard InChI is InChI=1S/C15H17N5O2S/c1-4-10-12(23)15(20-19-13(10)16-2)22-8-9-5-6-18-11(7-9)14(21)17-3/h4-7H,1,8H2,2-3H3,(H,17,21)(H2,16,19,23). The molecule has 23 heavy (non-hydrogen) atoms. The van der Waals surface area contributed by atoms with E-state index >= 15 is 0 Å². The minimum atomic E-state index is -0.255. The molecule has 2 aromatic heterocycles. The first-order valence-corrected chi connectivity index (χ1v) is 7.24. The molecule has 3 N–H and O–H groups in total. The average Bonchev–Trinajstić information content (AvgIpc) is 2.59. The van der Waals surface area contributed by atoms with Gasteiger partial charge in [-0.2, -0.15) is 0 Å². The maximum absolute atomic E-state index is 11.6. The van der Waals surface area contributed by atoms with E-state index in [2.05, 4.69) is 32.4 Å². The van der Waals surface area contributed by atoms with E-state index in [1.54, 1.807) is 38.5 Å². The number of nitrogens with one attached hydrogen (secondary N) is 3. The molecule has 0 aliphatic heterocycles. The van der Waals surface area contributed by atoms with Gasteiger partial charge in [0.05, 0.1) is 0 Å². The minimum absolute atomic E-state index is 0.215. The topological polar surface area (TPSA) is 91.9 Å². The lowest BCUT2D eigenvalue weighted by Crippen LogP contribution is -2.19. The normalized spacial score (nSPS) is 10.0. The van der Waals surface area contributed by atoms with Gasteiger partial charge in [0.25, 0.3) is 11.8 Å². The third kappa shape index (κ3) is 3.72. The zero-order valence-corrected chi connectivity index (χ0v) is 13.7. The van der Waals surface area contributed by atoms with Crippen molar-refractivity contribution in [2.75, 3.05) is 19.4 Å². The highest BCUT2D eigenvalue weighted by molar-refractivity contribution is 7.71. The van der Waals surface area contributed by atoms with Crippen LogP contribution in [0.5, 0.6) is 5.88 Å². The first-order valence-electron chi connectivity index (χ1n) is 6.83. The molecular weight excluding hydrogens is 314 g/mol. The minimum Gasteiger partial charge on any atom is -0.471 e. The fraction of sp³-hybridized carbons (Fsp3) is 0.200. The largest absolute Gasteiger partial charge is 0.471 e. The van der Waals surface area contributed by atoms with Gasteiger partial charge in [-0.25, -0.2) is 0 Å². The molecule has 0 atom stereocenters. The van der Waals surface area contributed by atoms with E-state index in [-0.39, 0.29) is 12.5 Å². The summed E-state index contributed by atoms with van der Waals surface area (Å²) in [5.41, 5.74) is 1.82. The fourth-order valence-electron chi connectivity index (χ4n) is 1.90. The molecule has 8 heteroatoms. The molecule has 0 saturated heterocycles. The summed E-state index contributed by atoms with van der Waals surface area (Å²) in [6.45, 7) is 3.95. The molecule has 0 unspecified atom stereocenters. The van der Waals surface area contributed by atoms with Crippen LogP contribution in [0.25, 0.3) is 6.08 Å². The lowest BCUT2D eigenvalue weighted by molar-refractivity contribution is 0.0958. The molecule has 2 heterocycles. The van der Waals surface area contributed by atoms with E-state index in [9.17, 15) is 4.79 Å². The monoisotopic (exact) mass is 331 g/mol. The number of carbonyl (C=O) groups excluding carboxylic acids is 1. The second-order valence-electron chi connectivity index (χ2n) is 4.52. The molecule has 120 valence electrons. The van der Waals surface area contributed by atoms with Crippen LogP contribution in [0.1, 0.15) is 21.6 Å². The number of anilines is 1. The van der Waals surface area contributed by atoms with Gasteiger partial charge in [0.15, 0.2) is 0 Å². The van der Waals surface area contributed by atoms with Crippen LogP contribution >= 0.6 is 12.2 Å². The molecule has 0 bridgehead atoms. The van der Waals surface area contributed by atoms with Crippen molar-refractivity contribution in [3.63, 3.8) is 0 Å². The zero-order chi connectivity index (χ0) is 16.8. The van der Waals surface area contributed by atoms with E-state index in [4.69, 9.17) is 17.0 Å². The van der Waals surface area contributed by atoms with Crippen molar-refractivity contribution in [1.82, 2.24) is 20.5 Å². The van der Waals surface area contributed by atoms with Crippen LogP contribution < -0.4 is 15.4 Å². The summed E-state index contributed by atoms with van der Waals surface area (Å²) in [5, 5.41) is 12.4. The molecule has 0 aliphatic carbocycles. The molecule has 2 aromatic rings. The molecule has 2 rings (SSSR count). The molecular formula is C15H17N5O2S. The second kappa shape index (κ2) is 7.50. The van der Waals surface area contributed by atoms with Crippen LogP contribution in [0.2, 0.25) is 0 Å². The molecule has 0 aromatic carbocycles. The first kappa shape index (κ1) is 16.6. The lowest BCUT2D eigenvalue weighted by Gasteiger charge is -2.10. The van der Waals surface area contributed by atoms with Crippen molar-refractivity contribution in [3.8, 4) is 5.88 Å². The SMILES string of the molecule is C=Cc1c(NC)[nH]nc(OCc2ccnc(C(=O)NC)c2)c1=S. The third-order valence-corrected chi connectivity index (χ3v) is 3.49. The van der Waals surface area contributed by atoms with Gasteiger partial charge in [-0.15, -0.1) is 5.10 Å². The molecule has 7 nitrogen and oxygen atoms in total. The van der Waals surface area contributed by atoms with E-state index in [1.165, 1.54) is 0 Å². The van der Waals surface area contributed by atoms with E-state index in [1.807, 2.05) is 0 Å². The Morgan fingerprint density at radius 1 is 1.52 bits per heavy atom. The van der Waals surface area contributed by atoms with Crippen LogP contribution in [0.4, 0.5) is 5.82 Å². The highest BCUT2D eigenvalue weighted by Crippen LogP contribution is 2.21. The van der Waals surface area contributed by atoms with E-state index < -0.39 is 0 Å². The summed E-state index contributed by atoms with van der Waals surface area (Å²) in [4.78, 5) is 15.6. The van der Waals surface area contributed by atoms with E-state index in [0.717, 1.165) is 5.56 Å². The molecule has 0 saturated carbocycles. The number of carbonyl (C=O) groups is 1. The fourth-order valence-corrected chi connectivity index (χ4v) is 2.19. The van der Waals surface area contributed by atoms with Gasteiger partial charge >= 0.3 is 0 Å². The Morgan fingerprint density at radius 2 is 2.30 bits per heavy atom. The highest BCUT2D eigenvalue weighted by atomic mass is 32.1. The summed E-state index contributed by atoms with van der Waals surface area (Å²) in [6, 6.07) is 3.41. The number of amides is 1. The maximum atomic E-state index is 11.6. The van der Waals surface area contributed by atoms with Gasteiger partial charge in [0, 0.05) is 25.9 Å². The van der Waals surface area contributed by atoms with Crippen LogP contribution in [0.3, 0.4) is 0 Å². The van der Waals surface area contributed by atoms with Crippen molar-refractivity contribution >= 4 is 30.0 Å². The quantitative estimate of drug-likeness (QED) is 0.703. The first-order chi connectivity index (χ1) is 11.1. The van der Waals surface area contributed by atoms with Gasteiger partial charge in [-0.3, -0.25) is 14.9 Å². The number of hydrogen-bond acceptors (Lipinski definition) is 6. The summed E-state index contributed by atoms with van der Waals surface area (Å²) >= 11 is 5.35. The molecule has 0 radical (unpaired) electrons. The zero-order valence-electron chi connectivity index (χ0n) is 12.8. The molecule has 0 spiro atoms. The van der Waals surface area contributed by atoms with Gasteiger partial charge in [0.2, 0.25) is 0 Å². The van der Waals surface area contributed by atoms with Crippen molar-refractivity contribution in [3.05, 3.63) is 46.2 Å². The van der Waals surface area contributed by atoms with Crippen LogP contribution in [0.15, 0.2) is 24.9 Å². The van der Waals surface area contributed by atoms with Crippen molar-refractivity contribution in [2.45, 2.75) is 6.61 Å². The summed E-state index contributed by atoms with van der Waals surface area (Å²) < 4.78 is 6.11. The lowest BCUT2D eigenvalue weighted by atomic mass is 10.2. The smallest absolute Gasteiger partial charge is 0.269 e. The number of aromatic amines is 1. The molecule has 0 aliphatic rings. The second-order valence-corrected chi connectivity index (χ2v) is 4.93. The van der Waals surface area contributed by atoms with Crippen LogP contribution in [0, 0.1) is 4.51 Å². The Hall–Kier alpha value is -2.74. The van der Waals surface area contributed by atoms with Crippen molar-refractivity contribution in [1.29, 1.82) is 0 Å². The van der Waals surface area contributed by atoms with Gasteiger partial charge in [-0.1, -0.05) is 24.9 Å². The van der Waals surface area contributed by atoms with Crippen molar-refractivity contribution in [2.24, 2.45) is 0 Å². The predicted molar refractivity (Wildman–Crippen MR) is 91.0 cm³/mol. The Balaban J connectivity index is 2.20. The summed E-state index contributed by atoms with van der Waals surface area (Å²) in [5.74, 6) is 0.713. The van der Waals surface area contributed by atoms with Crippen LogP contribution in [-0.4, -0.2) is 35.2 Å². The molecule has 0 fully saturated rings. The van der Waals surface area contributed by atoms with E-state index in [0.29, 0.717) is 27.5 Å². The van der Waals surface area contributed by atoms with Gasteiger partial charge < -0.3 is 15.4 Å². The number of nitrogens with zero attached hydrogens (tertiary/aromatic N) is 2.